The molecule has 1 saturated carbocycles. The van der Waals surface area contributed by atoms with Crippen LogP contribution >= 0.6 is 0 Å². The Hall–Kier alpha value is -2.57. The number of amides is 1. The molecule has 27 heavy (non-hydrogen) atoms. The molecule has 0 N–H and O–H groups in total. The van der Waals surface area contributed by atoms with Gasteiger partial charge in [-0.3, -0.25) is 4.79 Å². The van der Waals surface area contributed by atoms with Gasteiger partial charge in [-0.15, -0.1) is 0 Å². The van der Waals surface area contributed by atoms with Crippen LogP contribution in [0.15, 0.2) is 24.8 Å². The van der Waals surface area contributed by atoms with Crippen molar-refractivity contribution in [2.45, 2.75) is 50.6 Å². The summed E-state index contributed by atoms with van der Waals surface area (Å²) in [5, 5.41) is 4.09. The number of rotatable bonds is 2. The highest BCUT2D eigenvalue weighted by molar-refractivity contribution is 5.77. The zero-order valence-electron chi connectivity index (χ0n) is 15.6. The Balaban J connectivity index is 1.55. The van der Waals surface area contributed by atoms with Gasteiger partial charge in [0.2, 0.25) is 5.91 Å². The summed E-state index contributed by atoms with van der Waals surface area (Å²) in [7, 11) is 0. The van der Waals surface area contributed by atoms with Crippen molar-refractivity contribution in [1.29, 1.82) is 0 Å². The van der Waals surface area contributed by atoms with Crippen LogP contribution in [0.25, 0.3) is 0 Å². The van der Waals surface area contributed by atoms with Crippen molar-refractivity contribution in [3.05, 3.63) is 35.9 Å². The van der Waals surface area contributed by atoms with E-state index in [1.54, 1.807) is 11.0 Å². The number of carbonyl (C=O) groups excluding carboxylic acids is 1. The number of aromatic nitrogens is 3. The first kappa shape index (κ1) is 16.6. The smallest absolute Gasteiger partial charge is 0.244 e. The summed E-state index contributed by atoms with van der Waals surface area (Å²) in [6.45, 7) is 4.25. The lowest BCUT2D eigenvalue weighted by atomic mass is 9.71. The Kier molecular flexibility index (Phi) is 3.84. The number of hydrogen-bond acceptors (Lipinski definition) is 5. The molecule has 3 heterocycles. The van der Waals surface area contributed by atoms with E-state index in [-0.39, 0.29) is 23.9 Å². The molecule has 1 aliphatic carbocycles. The monoisotopic (exact) mass is 368 g/mol. The maximum atomic E-state index is 13.1. The maximum Gasteiger partial charge on any atom is 0.244 e. The van der Waals surface area contributed by atoms with Crippen LogP contribution < -0.4 is 9.47 Å². The molecular formula is C20H24N4O3. The first-order chi connectivity index (χ1) is 13.2. The second-order valence-electron chi connectivity index (χ2n) is 7.86. The van der Waals surface area contributed by atoms with Gasteiger partial charge in [0.05, 0.1) is 6.04 Å². The molecule has 5 rings (SSSR count). The topological polar surface area (TPSA) is 69.5 Å². The van der Waals surface area contributed by atoms with Gasteiger partial charge in [0, 0.05) is 12.0 Å². The van der Waals surface area contributed by atoms with Gasteiger partial charge in [0.1, 0.15) is 32.4 Å². The Labute approximate surface area is 158 Å². The first-order valence-corrected chi connectivity index (χ1v) is 9.72. The summed E-state index contributed by atoms with van der Waals surface area (Å²) in [5.74, 6) is 1.73. The fourth-order valence-corrected chi connectivity index (χ4v) is 4.95. The summed E-state index contributed by atoms with van der Waals surface area (Å²) in [6, 6.07) is 4.28. The molecule has 1 unspecified atom stereocenters. The maximum absolute atomic E-state index is 13.1. The highest BCUT2D eigenvalue weighted by Crippen LogP contribution is 2.51. The van der Waals surface area contributed by atoms with Gasteiger partial charge in [-0.25, -0.2) is 9.67 Å². The van der Waals surface area contributed by atoms with Gasteiger partial charge >= 0.3 is 0 Å². The fraction of sp³-hybridized carbons (Fsp3) is 0.550. The number of carbonyl (C=O) groups is 1. The third-order valence-electron chi connectivity index (χ3n) is 6.32. The van der Waals surface area contributed by atoms with E-state index in [2.05, 4.69) is 29.1 Å². The standard InChI is InChI=1S/C20H24N4O3/c1-14-15-8-17-18(27-7-6-26-17)9-16(15)20(4-2-3-5-20)11-24(14)19(25)10-23-13-21-12-22-23/h8-9,12-14H,2-7,10-11H2,1H3. The Bertz CT molecular complexity index is 858. The molecule has 7 nitrogen and oxygen atoms in total. The minimum atomic E-state index is -0.00178. The van der Waals surface area contributed by atoms with Crippen LogP contribution in [-0.2, 0) is 16.8 Å². The molecule has 3 aliphatic rings. The number of benzene rings is 1. The lowest BCUT2D eigenvalue weighted by Gasteiger charge is -2.46. The van der Waals surface area contributed by atoms with Crippen LogP contribution in [0.1, 0.15) is 49.8 Å². The molecule has 1 atom stereocenters. The summed E-state index contributed by atoms with van der Waals surface area (Å²) in [5.41, 5.74) is 2.57. The quantitative estimate of drug-likeness (QED) is 0.814. The molecule has 142 valence electrons. The van der Waals surface area contributed by atoms with E-state index >= 15 is 0 Å². The van der Waals surface area contributed by atoms with Crippen molar-refractivity contribution in [2.75, 3.05) is 19.8 Å². The molecule has 1 aromatic heterocycles. The van der Waals surface area contributed by atoms with E-state index in [1.807, 2.05) is 4.90 Å². The van der Waals surface area contributed by atoms with Crippen molar-refractivity contribution < 1.29 is 14.3 Å². The minimum absolute atomic E-state index is 0.00178. The van der Waals surface area contributed by atoms with Crippen LogP contribution in [0.4, 0.5) is 0 Å². The SMILES string of the molecule is CC1c2cc3c(cc2C2(CCCC2)CN1C(=O)Cn1cncn1)OCCO3. The van der Waals surface area contributed by atoms with Crippen LogP contribution in [0.3, 0.4) is 0 Å². The van der Waals surface area contributed by atoms with Crippen molar-refractivity contribution in [2.24, 2.45) is 0 Å². The van der Waals surface area contributed by atoms with Gasteiger partial charge in [0.15, 0.2) is 11.5 Å². The normalized spacial score (nSPS) is 22.7. The summed E-state index contributed by atoms with van der Waals surface area (Å²) >= 11 is 0. The van der Waals surface area contributed by atoms with E-state index in [1.165, 1.54) is 30.3 Å². The molecule has 0 saturated heterocycles. The Morgan fingerprint density at radius 3 is 2.67 bits per heavy atom. The average molecular weight is 368 g/mol. The first-order valence-electron chi connectivity index (χ1n) is 9.72. The van der Waals surface area contributed by atoms with E-state index in [0.29, 0.717) is 13.2 Å². The van der Waals surface area contributed by atoms with E-state index in [4.69, 9.17) is 9.47 Å². The van der Waals surface area contributed by atoms with Crippen molar-refractivity contribution in [3.8, 4) is 11.5 Å². The predicted molar refractivity (Wildman–Crippen MR) is 97.7 cm³/mol. The minimum Gasteiger partial charge on any atom is -0.486 e. The highest BCUT2D eigenvalue weighted by Gasteiger charge is 2.46. The molecule has 1 fully saturated rings. The van der Waals surface area contributed by atoms with Gasteiger partial charge in [0.25, 0.3) is 0 Å². The average Bonchev–Trinajstić information content (AvgIpc) is 3.36. The van der Waals surface area contributed by atoms with Crippen LogP contribution in [0.2, 0.25) is 0 Å². The molecule has 1 aromatic carbocycles. The second-order valence-corrected chi connectivity index (χ2v) is 7.86. The van der Waals surface area contributed by atoms with Gasteiger partial charge < -0.3 is 14.4 Å². The number of hydrogen-bond donors (Lipinski definition) is 0. The summed E-state index contributed by atoms with van der Waals surface area (Å²) in [4.78, 5) is 19.1. The lowest BCUT2D eigenvalue weighted by molar-refractivity contribution is -0.136. The van der Waals surface area contributed by atoms with Crippen molar-refractivity contribution in [3.63, 3.8) is 0 Å². The molecule has 7 heteroatoms. The molecule has 2 aromatic rings. The fourth-order valence-electron chi connectivity index (χ4n) is 4.95. The molecular weight excluding hydrogens is 344 g/mol. The molecule has 2 aliphatic heterocycles. The van der Waals surface area contributed by atoms with E-state index in [0.717, 1.165) is 30.9 Å². The third kappa shape index (κ3) is 2.67. The highest BCUT2D eigenvalue weighted by atomic mass is 16.6. The van der Waals surface area contributed by atoms with Crippen LogP contribution in [0, 0.1) is 0 Å². The summed E-state index contributed by atoms with van der Waals surface area (Å²) < 4.78 is 13.3. The van der Waals surface area contributed by atoms with E-state index in [9.17, 15) is 4.79 Å². The zero-order chi connectivity index (χ0) is 18.4. The van der Waals surface area contributed by atoms with Crippen LogP contribution in [0.5, 0.6) is 11.5 Å². The van der Waals surface area contributed by atoms with Crippen molar-refractivity contribution >= 4 is 5.91 Å². The number of nitrogens with zero attached hydrogens (tertiary/aromatic N) is 4. The van der Waals surface area contributed by atoms with Gasteiger partial charge in [-0.2, -0.15) is 5.10 Å². The molecule has 1 spiro atoms. The molecule has 0 radical (unpaired) electrons. The largest absolute Gasteiger partial charge is 0.486 e. The number of ether oxygens (including phenoxy) is 2. The second kappa shape index (κ2) is 6.25. The van der Waals surface area contributed by atoms with Crippen molar-refractivity contribution in [1.82, 2.24) is 19.7 Å². The lowest BCUT2D eigenvalue weighted by Crippen LogP contribution is -2.49. The third-order valence-corrected chi connectivity index (χ3v) is 6.32. The molecule has 1 amide bonds. The predicted octanol–water partition coefficient (Wildman–Crippen LogP) is 2.46. The zero-order valence-corrected chi connectivity index (χ0v) is 15.6. The number of fused-ring (bicyclic) bond motifs is 3. The Morgan fingerprint density at radius 1 is 1.22 bits per heavy atom. The van der Waals surface area contributed by atoms with E-state index < -0.39 is 0 Å². The molecule has 0 bridgehead atoms. The van der Waals surface area contributed by atoms with Gasteiger partial charge in [-0.05, 0) is 43.0 Å². The Morgan fingerprint density at radius 2 is 1.96 bits per heavy atom. The summed E-state index contributed by atoms with van der Waals surface area (Å²) in [6.07, 6.45) is 7.68. The van der Waals surface area contributed by atoms with Gasteiger partial charge in [-0.1, -0.05) is 12.8 Å². The van der Waals surface area contributed by atoms with Crippen LogP contribution in [-0.4, -0.2) is 45.3 Å².